The Morgan fingerprint density at radius 1 is 1.27 bits per heavy atom. The number of aromatic amines is 1. The van der Waals surface area contributed by atoms with Crippen LogP contribution in [0.1, 0.15) is 10.5 Å². The summed E-state index contributed by atoms with van der Waals surface area (Å²) in [7, 11) is 1.61. The Bertz CT molecular complexity index is 1200. The number of aliphatic hydroxyl groups is 2. The van der Waals surface area contributed by atoms with E-state index < -0.39 is 41.5 Å². The number of amides is 1. The van der Waals surface area contributed by atoms with E-state index in [1.54, 1.807) is 31.3 Å². The molecule has 0 radical (unpaired) electrons. The summed E-state index contributed by atoms with van der Waals surface area (Å²) < 4.78 is 8.33. The second-order valence-corrected chi connectivity index (χ2v) is 7.16. The number of aromatic nitrogens is 4. The number of hydrogen-bond donors (Lipinski definition) is 4. The number of nitrogens with zero attached hydrogens (tertiary/aromatic N) is 3. The van der Waals surface area contributed by atoms with Crippen LogP contribution in [0.2, 0.25) is 0 Å². The molecule has 1 saturated heterocycles. The molecule has 0 bridgehead atoms. The van der Waals surface area contributed by atoms with Crippen LogP contribution in [0.25, 0.3) is 10.9 Å². The van der Waals surface area contributed by atoms with Crippen molar-refractivity contribution < 1.29 is 19.7 Å². The zero-order valence-corrected chi connectivity index (χ0v) is 16.1. The van der Waals surface area contributed by atoms with Crippen LogP contribution in [0.4, 0.5) is 0 Å². The summed E-state index contributed by atoms with van der Waals surface area (Å²) >= 11 is 0. The number of aryl methyl sites for hydroxylation is 1. The Morgan fingerprint density at radius 2 is 2.03 bits per heavy atom. The largest absolute Gasteiger partial charge is 0.388 e. The maximum absolute atomic E-state index is 12.3. The Hall–Kier alpha value is -3.28. The van der Waals surface area contributed by atoms with Crippen LogP contribution in [0.15, 0.2) is 46.1 Å². The van der Waals surface area contributed by atoms with Crippen LogP contribution in [0, 0.1) is 0 Å². The molecule has 11 nitrogen and oxygen atoms in total. The van der Waals surface area contributed by atoms with E-state index in [0.29, 0.717) is 16.6 Å². The second kappa shape index (κ2) is 7.86. The van der Waals surface area contributed by atoms with Crippen LogP contribution in [0.3, 0.4) is 0 Å². The number of fused-ring (bicyclic) bond motifs is 1. The van der Waals surface area contributed by atoms with Gasteiger partial charge in [0, 0.05) is 13.2 Å². The molecular weight excluding hydrogens is 394 g/mol. The van der Waals surface area contributed by atoms with Crippen LogP contribution < -0.4 is 16.6 Å². The van der Waals surface area contributed by atoms with Gasteiger partial charge in [0.25, 0.3) is 11.5 Å². The molecule has 4 N–H and O–H groups in total. The average Bonchev–Trinajstić information content (AvgIpc) is 3.16. The highest BCUT2D eigenvalue weighted by molar-refractivity contribution is 5.92. The summed E-state index contributed by atoms with van der Waals surface area (Å²) in [6.07, 6.45) is -2.13. The van der Waals surface area contributed by atoms with Gasteiger partial charge < -0.3 is 20.3 Å². The molecule has 0 aliphatic carbocycles. The molecule has 30 heavy (non-hydrogen) atoms. The van der Waals surface area contributed by atoms with E-state index in [1.807, 2.05) is 0 Å². The van der Waals surface area contributed by atoms with Gasteiger partial charge in [0.1, 0.15) is 24.0 Å². The Kier molecular flexibility index (Phi) is 5.24. The van der Waals surface area contributed by atoms with Gasteiger partial charge in [-0.25, -0.2) is 4.79 Å². The number of hydrogen-bond acceptors (Lipinski definition) is 7. The number of rotatable bonds is 4. The summed E-state index contributed by atoms with van der Waals surface area (Å²) in [5.41, 5.74) is -0.459. The molecule has 1 aliphatic heterocycles. The number of benzene rings is 1. The van der Waals surface area contributed by atoms with E-state index in [-0.39, 0.29) is 13.2 Å². The minimum atomic E-state index is -1.37. The fourth-order valence-electron chi connectivity index (χ4n) is 3.61. The molecule has 2 aromatic heterocycles. The van der Waals surface area contributed by atoms with Gasteiger partial charge in [-0.05, 0) is 18.2 Å². The molecule has 1 aliphatic rings. The normalized spacial score (nSPS) is 24.1. The first kappa shape index (κ1) is 20.0. The summed E-state index contributed by atoms with van der Waals surface area (Å²) in [5.74, 6) is -0.462. The lowest BCUT2D eigenvalue weighted by Gasteiger charge is -2.38. The molecule has 1 fully saturated rings. The first-order valence-electron chi connectivity index (χ1n) is 9.35. The quantitative estimate of drug-likeness (QED) is 0.398. The van der Waals surface area contributed by atoms with Crippen LogP contribution >= 0.6 is 0 Å². The van der Waals surface area contributed by atoms with Gasteiger partial charge in [-0.3, -0.25) is 23.8 Å². The number of H-pyrrole nitrogens is 1. The third kappa shape index (κ3) is 3.54. The van der Waals surface area contributed by atoms with Gasteiger partial charge >= 0.3 is 5.69 Å². The molecule has 1 aromatic carbocycles. The minimum absolute atomic E-state index is 0.0669. The first-order chi connectivity index (χ1) is 14.4. The minimum Gasteiger partial charge on any atom is -0.388 e. The smallest absolute Gasteiger partial charge is 0.328 e. The zero-order chi connectivity index (χ0) is 21.4. The fraction of sp³-hybridized carbons (Fsp3) is 0.368. The van der Waals surface area contributed by atoms with Crippen molar-refractivity contribution in [2.45, 2.75) is 30.9 Å². The topological polar surface area (TPSA) is 151 Å². The lowest BCUT2D eigenvalue weighted by molar-refractivity contribution is -0.152. The van der Waals surface area contributed by atoms with Gasteiger partial charge in [-0.15, -0.1) is 0 Å². The summed E-state index contributed by atoms with van der Waals surface area (Å²) in [6, 6.07) is 7.25. The molecule has 11 heteroatoms. The fourth-order valence-corrected chi connectivity index (χ4v) is 3.61. The Balaban J connectivity index is 1.52. The Morgan fingerprint density at radius 3 is 2.77 bits per heavy atom. The highest BCUT2D eigenvalue weighted by Crippen LogP contribution is 2.19. The highest BCUT2D eigenvalue weighted by atomic mass is 16.5. The van der Waals surface area contributed by atoms with Crippen molar-refractivity contribution in [2.24, 2.45) is 7.05 Å². The number of carbonyl (C=O) groups excluding carboxylic acids is 1. The number of nitrogens with one attached hydrogen (secondary N) is 2. The number of ether oxygens (including phenoxy) is 1. The van der Waals surface area contributed by atoms with Crippen molar-refractivity contribution in [3.63, 3.8) is 0 Å². The molecule has 3 heterocycles. The predicted octanol–water partition coefficient (Wildman–Crippen LogP) is -1.66. The maximum Gasteiger partial charge on any atom is 0.328 e. The van der Waals surface area contributed by atoms with Crippen molar-refractivity contribution in [3.05, 3.63) is 63.1 Å². The van der Waals surface area contributed by atoms with Crippen molar-refractivity contribution >= 4 is 16.8 Å². The van der Waals surface area contributed by atoms with Crippen molar-refractivity contribution in [2.75, 3.05) is 6.61 Å². The SMILES string of the molecule is Cn1nccc1C(=O)N[C@@H]1CO[C@H](Cn2c(=O)[nH]c(=O)c3ccccc32)[C@@H](O)[C@H]1O. The summed E-state index contributed by atoms with van der Waals surface area (Å²) in [4.78, 5) is 38.9. The lowest BCUT2D eigenvalue weighted by Crippen LogP contribution is -2.60. The van der Waals surface area contributed by atoms with E-state index in [9.17, 15) is 24.6 Å². The number of para-hydroxylation sites is 1. The van der Waals surface area contributed by atoms with Crippen molar-refractivity contribution in [1.82, 2.24) is 24.6 Å². The van der Waals surface area contributed by atoms with Crippen LogP contribution in [0.5, 0.6) is 0 Å². The number of carbonyl (C=O) groups is 1. The molecular formula is C19H21N5O6. The van der Waals surface area contributed by atoms with Crippen LogP contribution in [-0.4, -0.2) is 66.4 Å². The third-order valence-electron chi connectivity index (χ3n) is 5.27. The monoisotopic (exact) mass is 415 g/mol. The third-order valence-corrected chi connectivity index (χ3v) is 5.27. The Labute approximate surface area is 169 Å². The summed E-state index contributed by atoms with van der Waals surface area (Å²) in [6.45, 7) is -0.154. The summed E-state index contributed by atoms with van der Waals surface area (Å²) in [5, 5.41) is 27.9. The van der Waals surface area contributed by atoms with Gasteiger partial charge in [0.05, 0.1) is 30.1 Å². The molecule has 0 spiro atoms. The molecule has 4 rings (SSSR count). The van der Waals surface area contributed by atoms with Gasteiger partial charge in [-0.2, -0.15) is 5.10 Å². The van der Waals surface area contributed by atoms with Gasteiger partial charge in [0.15, 0.2) is 0 Å². The van der Waals surface area contributed by atoms with E-state index in [2.05, 4.69) is 15.4 Å². The van der Waals surface area contributed by atoms with E-state index in [4.69, 9.17) is 4.74 Å². The van der Waals surface area contributed by atoms with Gasteiger partial charge in [0.2, 0.25) is 0 Å². The molecule has 0 saturated carbocycles. The lowest BCUT2D eigenvalue weighted by atomic mass is 9.97. The van der Waals surface area contributed by atoms with E-state index >= 15 is 0 Å². The maximum atomic E-state index is 12.3. The molecule has 3 aromatic rings. The molecule has 4 atom stereocenters. The van der Waals surface area contributed by atoms with E-state index in [0.717, 1.165) is 0 Å². The van der Waals surface area contributed by atoms with Gasteiger partial charge in [-0.1, -0.05) is 12.1 Å². The molecule has 158 valence electrons. The standard InChI is InChI=1S/C19H21N5O6/c1-23-13(6-7-20-23)18(28)21-11-9-30-14(16(26)15(11)25)8-24-12-5-3-2-4-10(12)17(27)22-19(24)29/h2-7,11,14-16,25-26H,8-9H2,1H3,(H,21,28)(H,22,27,29)/t11-,14-,15+,16-/m1/s1. The average molecular weight is 415 g/mol. The number of aliphatic hydroxyl groups excluding tert-OH is 2. The zero-order valence-electron chi connectivity index (χ0n) is 16.1. The second-order valence-electron chi connectivity index (χ2n) is 7.16. The van der Waals surface area contributed by atoms with Crippen molar-refractivity contribution in [3.8, 4) is 0 Å². The molecule has 1 amide bonds. The van der Waals surface area contributed by atoms with Crippen molar-refractivity contribution in [1.29, 1.82) is 0 Å². The predicted molar refractivity (Wildman–Crippen MR) is 105 cm³/mol. The van der Waals surface area contributed by atoms with E-state index in [1.165, 1.54) is 21.5 Å². The first-order valence-corrected chi connectivity index (χ1v) is 9.35. The highest BCUT2D eigenvalue weighted by Gasteiger charge is 2.39. The molecule has 0 unspecified atom stereocenters. The van der Waals surface area contributed by atoms with Crippen LogP contribution in [-0.2, 0) is 18.3 Å².